The summed E-state index contributed by atoms with van der Waals surface area (Å²) in [5, 5.41) is 12.2. The smallest absolute Gasteiger partial charge is 0.137 e. The number of rotatable bonds is 6. The molecular formula is C14H24N4O. The van der Waals surface area contributed by atoms with Crippen molar-refractivity contribution in [2.24, 2.45) is 0 Å². The number of nitrogens with one attached hydrogen (secondary N) is 1. The zero-order valence-electron chi connectivity index (χ0n) is 12.1. The summed E-state index contributed by atoms with van der Waals surface area (Å²) in [7, 11) is 1.89. The van der Waals surface area contributed by atoms with Crippen LogP contribution in [0.25, 0.3) is 0 Å². The molecule has 1 aliphatic carbocycles. The average Bonchev–Trinajstić information content (AvgIpc) is 2.34. The van der Waals surface area contributed by atoms with Gasteiger partial charge in [0.2, 0.25) is 0 Å². The maximum absolute atomic E-state index is 9.09. The van der Waals surface area contributed by atoms with Gasteiger partial charge < -0.3 is 15.3 Å². The zero-order valence-corrected chi connectivity index (χ0v) is 12.1. The summed E-state index contributed by atoms with van der Waals surface area (Å²) in [4.78, 5) is 11.4. The second-order valence-corrected chi connectivity index (χ2v) is 5.17. The number of hydrogen-bond donors (Lipinski definition) is 2. The highest BCUT2D eigenvalue weighted by molar-refractivity contribution is 5.59. The minimum Gasteiger partial charge on any atom is -0.396 e. The van der Waals surface area contributed by atoms with E-state index in [4.69, 9.17) is 5.11 Å². The number of aliphatic hydroxyl groups is 1. The first kappa shape index (κ1) is 14.1. The van der Waals surface area contributed by atoms with Crippen LogP contribution < -0.4 is 10.2 Å². The van der Waals surface area contributed by atoms with E-state index in [1.165, 1.54) is 19.3 Å². The highest BCUT2D eigenvalue weighted by Gasteiger charge is 2.27. The molecule has 0 spiro atoms. The van der Waals surface area contributed by atoms with Gasteiger partial charge in [-0.1, -0.05) is 0 Å². The molecule has 1 saturated carbocycles. The zero-order chi connectivity index (χ0) is 13.8. The number of aliphatic hydroxyl groups excluding tert-OH is 1. The third kappa shape index (κ3) is 2.97. The molecule has 2 rings (SSSR count). The third-order valence-corrected chi connectivity index (χ3v) is 3.81. The molecular weight excluding hydrogens is 240 g/mol. The first-order chi connectivity index (χ1) is 9.17. The van der Waals surface area contributed by atoms with Gasteiger partial charge in [-0.2, -0.15) is 0 Å². The number of nitrogens with zero attached hydrogens (tertiary/aromatic N) is 3. The predicted molar refractivity (Wildman–Crippen MR) is 77.7 cm³/mol. The minimum absolute atomic E-state index is 0.227. The van der Waals surface area contributed by atoms with E-state index in [0.29, 0.717) is 6.04 Å². The highest BCUT2D eigenvalue weighted by atomic mass is 16.3. The van der Waals surface area contributed by atoms with Crippen molar-refractivity contribution in [1.29, 1.82) is 0 Å². The van der Waals surface area contributed by atoms with Crippen LogP contribution in [0.1, 0.15) is 37.1 Å². The van der Waals surface area contributed by atoms with Gasteiger partial charge in [0.05, 0.1) is 0 Å². The second kappa shape index (κ2) is 6.19. The molecule has 19 heavy (non-hydrogen) atoms. The monoisotopic (exact) mass is 264 g/mol. The van der Waals surface area contributed by atoms with E-state index < -0.39 is 0 Å². The van der Waals surface area contributed by atoms with Crippen LogP contribution in [0.3, 0.4) is 0 Å². The molecule has 106 valence electrons. The summed E-state index contributed by atoms with van der Waals surface area (Å²) < 4.78 is 0. The van der Waals surface area contributed by atoms with E-state index in [1.54, 1.807) is 0 Å². The Morgan fingerprint density at radius 1 is 1.32 bits per heavy atom. The number of aromatic nitrogens is 2. The number of anilines is 2. The van der Waals surface area contributed by atoms with Crippen LogP contribution in [-0.2, 0) is 0 Å². The molecule has 1 heterocycles. The summed E-state index contributed by atoms with van der Waals surface area (Å²) >= 11 is 0. The van der Waals surface area contributed by atoms with Crippen molar-refractivity contribution in [2.75, 3.05) is 30.4 Å². The Labute approximate surface area is 115 Å². The first-order valence-corrected chi connectivity index (χ1v) is 7.08. The van der Waals surface area contributed by atoms with Gasteiger partial charge in [-0.25, -0.2) is 9.97 Å². The number of aryl methyl sites for hydroxylation is 1. The molecule has 2 N–H and O–H groups in total. The van der Waals surface area contributed by atoms with Crippen molar-refractivity contribution in [2.45, 2.75) is 45.6 Å². The molecule has 0 amide bonds. The fraction of sp³-hybridized carbons (Fsp3) is 0.714. The second-order valence-electron chi connectivity index (χ2n) is 5.17. The standard InChI is InChI=1S/C14H24N4O/c1-10-13(15-3)16-11(2)17-14(10)18(8-5-9-19)12-6-4-7-12/h12,19H,4-9H2,1-3H3,(H,15,16,17). The fourth-order valence-corrected chi connectivity index (χ4v) is 2.54. The lowest BCUT2D eigenvalue weighted by Gasteiger charge is -2.39. The van der Waals surface area contributed by atoms with Crippen molar-refractivity contribution in [3.63, 3.8) is 0 Å². The minimum atomic E-state index is 0.227. The van der Waals surface area contributed by atoms with Gasteiger partial charge in [0.25, 0.3) is 0 Å². The van der Waals surface area contributed by atoms with Crippen LogP contribution in [0.2, 0.25) is 0 Å². The molecule has 1 aromatic heterocycles. The molecule has 1 fully saturated rings. The third-order valence-electron chi connectivity index (χ3n) is 3.81. The first-order valence-electron chi connectivity index (χ1n) is 7.08. The van der Waals surface area contributed by atoms with Crippen molar-refractivity contribution in [1.82, 2.24) is 9.97 Å². The molecule has 1 aromatic rings. The Balaban J connectivity index is 2.31. The van der Waals surface area contributed by atoms with Crippen LogP contribution >= 0.6 is 0 Å². The van der Waals surface area contributed by atoms with Crippen LogP contribution in [-0.4, -0.2) is 41.3 Å². The Hall–Kier alpha value is -1.36. The maximum Gasteiger partial charge on any atom is 0.137 e. The average molecular weight is 264 g/mol. The topological polar surface area (TPSA) is 61.3 Å². The Morgan fingerprint density at radius 3 is 2.58 bits per heavy atom. The molecule has 0 saturated heterocycles. The van der Waals surface area contributed by atoms with Gasteiger partial charge in [0, 0.05) is 31.8 Å². The molecule has 0 aromatic carbocycles. The SMILES string of the molecule is CNc1nc(C)nc(N(CCCO)C2CCC2)c1C. The van der Waals surface area contributed by atoms with E-state index in [0.717, 1.165) is 36.0 Å². The van der Waals surface area contributed by atoms with Gasteiger partial charge in [0.1, 0.15) is 17.5 Å². The van der Waals surface area contributed by atoms with Crippen molar-refractivity contribution in [3.8, 4) is 0 Å². The van der Waals surface area contributed by atoms with Crippen molar-refractivity contribution in [3.05, 3.63) is 11.4 Å². The van der Waals surface area contributed by atoms with E-state index in [-0.39, 0.29) is 6.61 Å². The molecule has 0 radical (unpaired) electrons. The van der Waals surface area contributed by atoms with Crippen LogP contribution in [0.4, 0.5) is 11.6 Å². The normalized spacial score (nSPS) is 15.2. The van der Waals surface area contributed by atoms with Gasteiger partial charge in [0.15, 0.2) is 0 Å². The van der Waals surface area contributed by atoms with Crippen LogP contribution in [0.5, 0.6) is 0 Å². The Morgan fingerprint density at radius 2 is 2.05 bits per heavy atom. The fourth-order valence-electron chi connectivity index (χ4n) is 2.54. The van der Waals surface area contributed by atoms with Gasteiger partial charge >= 0.3 is 0 Å². The summed E-state index contributed by atoms with van der Waals surface area (Å²) in [5.41, 5.74) is 1.10. The summed E-state index contributed by atoms with van der Waals surface area (Å²) in [6.07, 6.45) is 4.53. The molecule has 5 nitrogen and oxygen atoms in total. The van der Waals surface area contributed by atoms with E-state index in [2.05, 4.69) is 27.1 Å². The van der Waals surface area contributed by atoms with E-state index >= 15 is 0 Å². The molecule has 0 aliphatic heterocycles. The van der Waals surface area contributed by atoms with Crippen LogP contribution in [0.15, 0.2) is 0 Å². The molecule has 5 heteroatoms. The predicted octanol–water partition coefficient (Wildman–Crippen LogP) is 1.88. The maximum atomic E-state index is 9.09. The summed E-state index contributed by atoms with van der Waals surface area (Å²) in [6.45, 7) is 5.08. The van der Waals surface area contributed by atoms with Gasteiger partial charge in [-0.15, -0.1) is 0 Å². The summed E-state index contributed by atoms with van der Waals surface area (Å²) in [6, 6.07) is 0.573. The van der Waals surface area contributed by atoms with Crippen molar-refractivity contribution >= 4 is 11.6 Å². The van der Waals surface area contributed by atoms with Gasteiger partial charge in [-0.05, 0) is 39.5 Å². The molecule has 0 unspecified atom stereocenters. The lowest BCUT2D eigenvalue weighted by Crippen LogP contribution is -2.42. The van der Waals surface area contributed by atoms with E-state index in [1.807, 2.05) is 14.0 Å². The van der Waals surface area contributed by atoms with Gasteiger partial charge in [-0.3, -0.25) is 0 Å². The van der Waals surface area contributed by atoms with Crippen LogP contribution in [0, 0.1) is 13.8 Å². The van der Waals surface area contributed by atoms with Crippen molar-refractivity contribution < 1.29 is 5.11 Å². The largest absolute Gasteiger partial charge is 0.396 e. The highest BCUT2D eigenvalue weighted by Crippen LogP contribution is 2.32. The summed E-state index contributed by atoms with van der Waals surface area (Å²) in [5.74, 6) is 2.71. The Bertz CT molecular complexity index is 432. The number of hydrogen-bond acceptors (Lipinski definition) is 5. The molecule has 0 bridgehead atoms. The quantitative estimate of drug-likeness (QED) is 0.821. The lowest BCUT2D eigenvalue weighted by atomic mass is 9.91. The lowest BCUT2D eigenvalue weighted by molar-refractivity contribution is 0.282. The Kier molecular flexibility index (Phi) is 4.58. The molecule has 1 aliphatic rings. The van der Waals surface area contributed by atoms with E-state index in [9.17, 15) is 0 Å². The molecule has 0 atom stereocenters.